The van der Waals surface area contributed by atoms with Crippen molar-refractivity contribution in [2.45, 2.75) is 6.61 Å². The third-order valence-electron chi connectivity index (χ3n) is 2.29. The van der Waals surface area contributed by atoms with Gasteiger partial charge in [0, 0.05) is 18.8 Å². The molecular formula is C10H12N2O2. The summed E-state index contributed by atoms with van der Waals surface area (Å²) in [6.07, 6.45) is 0. The molecule has 0 atom stereocenters. The van der Waals surface area contributed by atoms with Crippen LogP contribution in [0.3, 0.4) is 0 Å². The molecule has 2 N–H and O–H groups in total. The van der Waals surface area contributed by atoms with Gasteiger partial charge in [-0.1, -0.05) is 12.1 Å². The van der Waals surface area contributed by atoms with E-state index in [1.807, 2.05) is 24.3 Å². The Kier molecular flexibility index (Phi) is 2.37. The number of aliphatic hydroxyl groups excluding tert-OH is 1. The number of carbonyl (C=O) groups excluding carboxylic acids is 1. The van der Waals surface area contributed by atoms with Crippen LogP contribution in [-0.4, -0.2) is 24.2 Å². The van der Waals surface area contributed by atoms with E-state index in [1.54, 1.807) is 4.90 Å². The maximum Gasteiger partial charge on any atom is 0.321 e. The van der Waals surface area contributed by atoms with Gasteiger partial charge in [-0.05, 0) is 17.7 Å². The maximum atomic E-state index is 11.3. The molecule has 14 heavy (non-hydrogen) atoms. The first kappa shape index (κ1) is 9.02. The second-order valence-electron chi connectivity index (χ2n) is 3.21. The summed E-state index contributed by atoms with van der Waals surface area (Å²) < 4.78 is 0. The van der Waals surface area contributed by atoms with Gasteiger partial charge in [-0.3, -0.25) is 4.90 Å². The van der Waals surface area contributed by atoms with Crippen LogP contribution in [0.25, 0.3) is 0 Å². The molecule has 0 spiro atoms. The van der Waals surface area contributed by atoms with Crippen LogP contribution in [0, 0.1) is 0 Å². The van der Waals surface area contributed by atoms with Gasteiger partial charge < -0.3 is 10.4 Å². The van der Waals surface area contributed by atoms with Crippen LogP contribution in [-0.2, 0) is 6.61 Å². The average molecular weight is 192 g/mol. The molecule has 1 heterocycles. The lowest BCUT2D eigenvalue weighted by Gasteiger charge is -2.14. The second kappa shape index (κ2) is 3.67. The van der Waals surface area contributed by atoms with E-state index in [0.29, 0.717) is 13.1 Å². The van der Waals surface area contributed by atoms with E-state index in [4.69, 9.17) is 5.11 Å². The maximum absolute atomic E-state index is 11.3. The molecule has 2 rings (SSSR count). The first-order valence-electron chi connectivity index (χ1n) is 4.56. The minimum Gasteiger partial charge on any atom is -0.392 e. The van der Waals surface area contributed by atoms with Gasteiger partial charge in [0.25, 0.3) is 0 Å². The van der Waals surface area contributed by atoms with E-state index >= 15 is 0 Å². The van der Waals surface area contributed by atoms with Crippen LogP contribution in [0.4, 0.5) is 10.5 Å². The van der Waals surface area contributed by atoms with Crippen LogP contribution in [0.5, 0.6) is 0 Å². The molecule has 0 unspecified atom stereocenters. The number of anilines is 1. The van der Waals surface area contributed by atoms with E-state index in [2.05, 4.69) is 5.32 Å². The van der Waals surface area contributed by atoms with Crippen molar-refractivity contribution in [3.05, 3.63) is 29.8 Å². The van der Waals surface area contributed by atoms with Crippen molar-refractivity contribution >= 4 is 11.7 Å². The number of nitrogens with zero attached hydrogens (tertiary/aromatic N) is 1. The van der Waals surface area contributed by atoms with Gasteiger partial charge in [0.2, 0.25) is 0 Å². The molecule has 1 aromatic rings. The van der Waals surface area contributed by atoms with Gasteiger partial charge in [0.1, 0.15) is 0 Å². The van der Waals surface area contributed by atoms with Crippen molar-refractivity contribution in [3.8, 4) is 0 Å². The van der Waals surface area contributed by atoms with Crippen molar-refractivity contribution in [1.29, 1.82) is 0 Å². The number of aliphatic hydroxyl groups is 1. The molecule has 0 saturated carbocycles. The fourth-order valence-electron chi connectivity index (χ4n) is 1.50. The molecule has 0 bridgehead atoms. The highest BCUT2D eigenvalue weighted by Gasteiger charge is 2.20. The Morgan fingerprint density at radius 2 is 2.07 bits per heavy atom. The summed E-state index contributed by atoms with van der Waals surface area (Å²) in [4.78, 5) is 13.0. The van der Waals surface area contributed by atoms with Crippen molar-refractivity contribution < 1.29 is 9.90 Å². The van der Waals surface area contributed by atoms with E-state index < -0.39 is 0 Å². The molecule has 1 aliphatic rings. The summed E-state index contributed by atoms with van der Waals surface area (Å²) in [6.45, 7) is 1.43. The van der Waals surface area contributed by atoms with Gasteiger partial charge in [-0.2, -0.15) is 0 Å². The average Bonchev–Trinajstić information content (AvgIpc) is 2.65. The van der Waals surface area contributed by atoms with Gasteiger partial charge in [-0.15, -0.1) is 0 Å². The Balaban J connectivity index is 2.20. The standard InChI is InChI=1S/C10H12N2O2/c13-7-8-1-3-9(4-2-8)12-6-5-11-10(12)14/h1-4,13H,5-7H2,(H,11,14). The highest BCUT2D eigenvalue weighted by atomic mass is 16.3. The number of carbonyl (C=O) groups is 1. The molecule has 2 amide bonds. The van der Waals surface area contributed by atoms with Crippen LogP contribution in [0.1, 0.15) is 5.56 Å². The predicted octanol–water partition coefficient (Wildman–Crippen LogP) is 0.709. The van der Waals surface area contributed by atoms with E-state index in [-0.39, 0.29) is 12.6 Å². The number of urea groups is 1. The normalized spacial score (nSPS) is 15.8. The van der Waals surface area contributed by atoms with E-state index in [0.717, 1.165) is 11.3 Å². The summed E-state index contributed by atoms with van der Waals surface area (Å²) in [6, 6.07) is 7.27. The predicted molar refractivity (Wildman–Crippen MR) is 53.1 cm³/mol. The first-order chi connectivity index (χ1) is 6.81. The number of amides is 2. The lowest BCUT2D eigenvalue weighted by atomic mass is 10.2. The largest absolute Gasteiger partial charge is 0.392 e. The van der Waals surface area contributed by atoms with Crippen LogP contribution in [0.2, 0.25) is 0 Å². The molecule has 74 valence electrons. The minimum atomic E-state index is -0.0539. The topological polar surface area (TPSA) is 52.6 Å². The lowest BCUT2D eigenvalue weighted by Crippen LogP contribution is -2.27. The summed E-state index contributed by atoms with van der Waals surface area (Å²) in [5.41, 5.74) is 1.73. The third-order valence-corrected chi connectivity index (χ3v) is 2.29. The highest BCUT2D eigenvalue weighted by Crippen LogP contribution is 2.16. The first-order valence-corrected chi connectivity index (χ1v) is 4.56. The van der Waals surface area contributed by atoms with Gasteiger partial charge in [0.05, 0.1) is 6.61 Å². The molecule has 0 aliphatic carbocycles. The molecule has 0 radical (unpaired) electrons. The van der Waals surface area contributed by atoms with Crippen LogP contribution >= 0.6 is 0 Å². The fourth-order valence-corrected chi connectivity index (χ4v) is 1.50. The van der Waals surface area contributed by atoms with Gasteiger partial charge in [0.15, 0.2) is 0 Å². The number of rotatable bonds is 2. The summed E-state index contributed by atoms with van der Waals surface area (Å²) >= 11 is 0. The summed E-state index contributed by atoms with van der Waals surface area (Å²) in [7, 11) is 0. The lowest BCUT2D eigenvalue weighted by molar-refractivity contribution is 0.252. The highest BCUT2D eigenvalue weighted by molar-refractivity contribution is 5.93. The Morgan fingerprint density at radius 3 is 2.57 bits per heavy atom. The summed E-state index contributed by atoms with van der Waals surface area (Å²) in [5, 5.41) is 11.6. The molecular weight excluding hydrogens is 180 g/mol. The van der Waals surface area contributed by atoms with Gasteiger partial charge in [-0.25, -0.2) is 4.79 Å². The molecule has 1 aromatic carbocycles. The second-order valence-corrected chi connectivity index (χ2v) is 3.21. The van der Waals surface area contributed by atoms with Crippen molar-refractivity contribution in [2.24, 2.45) is 0 Å². The zero-order valence-corrected chi connectivity index (χ0v) is 7.73. The molecule has 0 aromatic heterocycles. The number of nitrogens with one attached hydrogen (secondary N) is 1. The number of hydrogen-bond donors (Lipinski definition) is 2. The quantitative estimate of drug-likeness (QED) is 0.725. The number of hydrogen-bond acceptors (Lipinski definition) is 2. The zero-order valence-electron chi connectivity index (χ0n) is 7.73. The molecule has 1 fully saturated rings. The van der Waals surface area contributed by atoms with Crippen molar-refractivity contribution in [1.82, 2.24) is 5.32 Å². The van der Waals surface area contributed by atoms with E-state index in [9.17, 15) is 4.79 Å². The fraction of sp³-hybridized carbons (Fsp3) is 0.300. The van der Waals surface area contributed by atoms with Gasteiger partial charge >= 0.3 is 6.03 Å². The molecule has 4 nitrogen and oxygen atoms in total. The molecule has 4 heteroatoms. The van der Waals surface area contributed by atoms with Crippen molar-refractivity contribution in [2.75, 3.05) is 18.0 Å². The SMILES string of the molecule is O=C1NCCN1c1ccc(CO)cc1. The molecule has 1 saturated heterocycles. The van der Waals surface area contributed by atoms with Crippen LogP contribution in [0.15, 0.2) is 24.3 Å². The monoisotopic (exact) mass is 192 g/mol. The third kappa shape index (κ3) is 1.56. The number of benzene rings is 1. The van der Waals surface area contributed by atoms with E-state index in [1.165, 1.54) is 0 Å². The Bertz CT molecular complexity index is 334. The van der Waals surface area contributed by atoms with Crippen molar-refractivity contribution in [3.63, 3.8) is 0 Å². The Morgan fingerprint density at radius 1 is 1.36 bits per heavy atom. The minimum absolute atomic E-state index is 0.0342. The Labute approximate surface area is 82.2 Å². The summed E-state index contributed by atoms with van der Waals surface area (Å²) in [5.74, 6) is 0. The smallest absolute Gasteiger partial charge is 0.321 e. The Hall–Kier alpha value is -1.55. The zero-order chi connectivity index (χ0) is 9.97. The van der Waals surface area contributed by atoms with Crippen LogP contribution < -0.4 is 10.2 Å². The molecule has 1 aliphatic heterocycles.